The molecule has 5 rings (SSSR count). The number of sulfonamides is 1. The molecule has 0 saturated carbocycles. The van der Waals surface area contributed by atoms with Gasteiger partial charge in [-0.2, -0.15) is 0 Å². The van der Waals surface area contributed by atoms with E-state index in [-0.39, 0.29) is 10.7 Å². The van der Waals surface area contributed by atoms with Crippen LogP contribution in [0.5, 0.6) is 0 Å². The summed E-state index contributed by atoms with van der Waals surface area (Å²) in [7, 11) is 0.112. The Bertz CT molecular complexity index is 1420. The number of nitrogens with one attached hydrogen (secondary N) is 1. The molecule has 8 nitrogen and oxygen atoms in total. The van der Waals surface area contributed by atoms with Crippen LogP contribution in [0.1, 0.15) is 17.0 Å². The number of likely N-dealkylation sites (N-methyl/N-ethyl adjacent to an activating group) is 1. The van der Waals surface area contributed by atoms with Crippen molar-refractivity contribution in [3.05, 3.63) is 53.7 Å². The van der Waals surface area contributed by atoms with Crippen molar-refractivity contribution in [2.24, 2.45) is 7.05 Å². The molecule has 1 aromatic carbocycles. The van der Waals surface area contributed by atoms with E-state index in [1.807, 2.05) is 17.8 Å². The van der Waals surface area contributed by atoms with Crippen molar-refractivity contribution in [2.45, 2.75) is 25.2 Å². The summed E-state index contributed by atoms with van der Waals surface area (Å²) >= 11 is 0. The van der Waals surface area contributed by atoms with Crippen LogP contribution in [0.2, 0.25) is 0 Å². The first kappa shape index (κ1) is 19.6. The van der Waals surface area contributed by atoms with Gasteiger partial charge < -0.3 is 14.0 Å². The topological polar surface area (TPSA) is 93.3 Å². The second-order valence-electron chi connectivity index (χ2n) is 7.98. The van der Waals surface area contributed by atoms with Gasteiger partial charge in [0.05, 0.1) is 11.1 Å². The fourth-order valence-corrected chi connectivity index (χ4v) is 5.77. The second-order valence-corrected chi connectivity index (χ2v) is 9.60. The average molecular weight is 438 g/mol. The summed E-state index contributed by atoms with van der Waals surface area (Å²) in [5.41, 5.74) is 5.96. The van der Waals surface area contributed by atoms with Crippen molar-refractivity contribution < 1.29 is 12.9 Å². The molecule has 0 unspecified atom stereocenters. The minimum atomic E-state index is -3.88. The molecule has 0 spiro atoms. The minimum Gasteiger partial charge on any atom is -0.374 e. The fraction of sp³-hybridized carbons (Fsp3) is 0.273. The molecule has 31 heavy (non-hydrogen) atoms. The van der Waals surface area contributed by atoms with E-state index in [0.29, 0.717) is 17.0 Å². The highest BCUT2D eigenvalue weighted by Crippen LogP contribution is 2.38. The van der Waals surface area contributed by atoms with Crippen LogP contribution in [0.15, 0.2) is 46.1 Å². The number of anilines is 2. The first-order chi connectivity index (χ1) is 14.8. The molecule has 1 N–H and O–H groups in total. The highest BCUT2D eigenvalue weighted by atomic mass is 32.2. The van der Waals surface area contributed by atoms with E-state index in [1.54, 1.807) is 26.1 Å². The lowest BCUT2D eigenvalue weighted by Crippen LogP contribution is -2.15. The van der Waals surface area contributed by atoms with E-state index in [4.69, 9.17) is 4.52 Å². The van der Waals surface area contributed by atoms with Crippen LogP contribution in [0.4, 0.5) is 11.4 Å². The zero-order chi connectivity index (χ0) is 21.9. The van der Waals surface area contributed by atoms with Gasteiger partial charge in [-0.3, -0.25) is 4.72 Å². The largest absolute Gasteiger partial charge is 0.374 e. The second kappa shape index (κ2) is 6.84. The molecule has 4 aromatic rings. The van der Waals surface area contributed by atoms with Crippen LogP contribution < -0.4 is 9.62 Å². The number of fused-ring (bicyclic) bond motifs is 2. The van der Waals surface area contributed by atoms with Gasteiger partial charge >= 0.3 is 0 Å². The third kappa shape index (κ3) is 3.07. The van der Waals surface area contributed by atoms with Crippen molar-refractivity contribution in [2.75, 3.05) is 23.2 Å². The van der Waals surface area contributed by atoms with E-state index in [9.17, 15) is 8.42 Å². The summed E-state index contributed by atoms with van der Waals surface area (Å²) in [6.45, 7) is 4.20. The molecule has 0 fully saturated rings. The number of rotatable bonds is 4. The number of benzene rings is 1. The van der Waals surface area contributed by atoms with Crippen molar-refractivity contribution in [1.82, 2.24) is 14.7 Å². The van der Waals surface area contributed by atoms with Gasteiger partial charge in [-0.1, -0.05) is 17.3 Å². The average Bonchev–Trinajstić information content (AvgIpc) is 3.38. The maximum atomic E-state index is 13.2. The summed E-state index contributed by atoms with van der Waals surface area (Å²) in [6.07, 6.45) is 4.63. The summed E-state index contributed by atoms with van der Waals surface area (Å²) < 4.78 is 36.0. The summed E-state index contributed by atoms with van der Waals surface area (Å²) in [5.74, 6) is 0.255. The van der Waals surface area contributed by atoms with E-state index in [1.165, 1.54) is 11.3 Å². The summed E-state index contributed by atoms with van der Waals surface area (Å²) in [5, 5.41) is 4.53. The van der Waals surface area contributed by atoms with E-state index < -0.39 is 10.0 Å². The molecule has 4 heterocycles. The lowest BCUT2D eigenvalue weighted by molar-refractivity contribution is 0.390. The summed E-state index contributed by atoms with van der Waals surface area (Å²) in [4.78, 5) is 6.79. The van der Waals surface area contributed by atoms with Crippen LogP contribution in [-0.4, -0.2) is 36.7 Å². The molecule has 3 aromatic heterocycles. The Balaban J connectivity index is 1.67. The van der Waals surface area contributed by atoms with Crippen LogP contribution in [0.25, 0.3) is 22.2 Å². The third-order valence-electron chi connectivity index (χ3n) is 5.86. The maximum absolute atomic E-state index is 13.2. The molecule has 9 heteroatoms. The number of hydrogen-bond donors (Lipinski definition) is 1. The first-order valence-electron chi connectivity index (χ1n) is 10.0. The zero-order valence-corrected chi connectivity index (χ0v) is 18.6. The molecule has 0 saturated heterocycles. The molecule has 0 amide bonds. The standard InChI is InChI=1S/C22H23N5O3S/c1-13-21(14(2)30-24-13)31(28,29)25-18-7-9-23-22-20(18)17(12-27(22)4)16-6-5-15-8-10-26(3)19(15)11-16/h5-7,9,11-12H,8,10H2,1-4H3,(H,23,25). The molecule has 0 bridgehead atoms. The Morgan fingerprint density at radius 3 is 2.71 bits per heavy atom. The normalized spacial score (nSPS) is 13.7. The van der Waals surface area contributed by atoms with Gasteiger partial charge in [-0.05, 0) is 43.5 Å². The Morgan fingerprint density at radius 2 is 1.97 bits per heavy atom. The Morgan fingerprint density at radius 1 is 1.16 bits per heavy atom. The number of aromatic nitrogens is 3. The van der Waals surface area contributed by atoms with Crippen molar-refractivity contribution in [1.29, 1.82) is 0 Å². The quantitative estimate of drug-likeness (QED) is 0.524. The molecule has 1 aliphatic rings. The third-order valence-corrected chi connectivity index (χ3v) is 7.47. The van der Waals surface area contributed by atoms with Crippen LogP contribution in [0, 0.1) is 13.8 Å². The van der Waals surface area contributed by atoms with Gasteiger partial charge in [0.25, 0.3) is 10.0 Å². The lowest BCUT2D eigenvalue weighted by Gasteiger charge is -2.14. The number of aryl methyl sites for hydroxylation is 3. The number of pyridine rings is 1. The van der Waals surface area contributed by atoms with E-state index in [0.717, 1.165) is 29.5 Å². The van der Waals surface area contributed by atoms with Crippen molar-refractivity contribution >= 4 is 32.4 Å². The number of nitrogens with zero attached hydrogens (tertiary/aromatic N) is 4. The molecule has 0 atom stereocenters. The van der Waals surface area contributed by atoms with Gasteiger partial charge in [-0.15, -0.1) is 0 Å². The van der Waals surface area contributed by atoms with Gasteiger partial charge in [0.2, 0.25) is 0 Å². The Kier molecular flexibility index (Phi) is 4.33. The fourth-order valence-electron chi connectivity index (χ4n) is 4.37. The van der Waals surface area contributed by atoms with E-state index in [2.05, 4.69) is 45.0 Å². The molecular weight excluding hydrogens is 414 g/mol. The SMILES string of the molecule is Cc1noc(C)c1S(=O)(=O)Nc1ccnc2c1c(-c1ccc3c(c1)N(C)CC3)cn2C. The first-order valence-corrected chi connectivity index (χ1v) is 11.5. The zero-order valence-electron chi connectivity index (χ0n) is 17.8. The van der Waals surface area contributed by atoms with Gasteiger partial charge in [0.1, 0.15) is 11.3 Å². The van der Waals surface area contributed by atoms with Gasteiger partial charge in [0.15, 0.2) is 10.7 Å². The maximum Gasteiger partial charge on any atom is 0.267 e. The highest BCUT2D eigenvalue weighted by molar-refractivity contribution is 7.92. The highest BCUT2D eigenvalue weighted by Gasteiger charge is 2.26. The van der Waals surface area contributed by atoms with Crippen LogP contribution in [-0.2, 0) is 23.5 Å². The smallest absolute Gasteiger partial charge is 0.267 e. The predicted octanol–water partition coefficient (Wildman–Crippen LogP) is 3.64. The molecular formula is C22H23N5O3S. The van der Waals surface area contributed by atoms with Crippen LogP contribution >= 0.6 is 0 Å². The van der Waals surface area contributed by atoms with Gasteiger partial charge in [-0.25, -0.2) is 13.4 Å². The Hall–Kier alpha value is -3.33. The molecule has 1 aliphatic heterocycles. The van der Waals surface area contributed by atoms with E-state index >= 15 is 0 Å². The number of hydrogen-bond acceptors (Lipinski definition) is 6. The van der Waals surface area contributed by atoms with Crippen molar-refractivity contribution in [3.63, 3.8) is 0 Å². The monoisotopic (exact) mass is 437 g/mol. The minimum absolute atomic E-state index is 0.0640. The Labute approximate surface area is 180 Å². The van der Waals surface area contributed by atoms with Gasteiger partial charge in [0, 0.05) is 44.3 Å². The molecule has 0 radical (unpaired) electrons. The predicted molar refractivity (Wildman–Crippen MR) is 120 cm³/mol. The molecule has 0 aliphatic carbocycles. The summed E-state index contributed by atoms with van der Waals surface area (Å²) in [6, 6.07) is 8.08. The van der Waals surface area contributed by atoms with Crippen molar-refractivity contribution in [3.8, 4) is 11.1 Å². The lowest BCUT2D eigenvalue weighted by atomic mass is 10.0. The molecule has 160 valence electrons. The van der Waals surface area contributed by atoms with Crippen LogP contribution in [0.3, 0.4) is 0 Å².